The van der Waals surface area contributed by atoms with Gasteiger partial charge in [0.1, 0.15) is 5.82 Å². The topological polar surface area (TPSA) is 32.3 Å². The number of hydrogen-bond donors (Lipinski definition) is 1. The van der Waals surface area contributed by atoms with Crippen LogP contribution in [-0.4, -0.2) is 36.0 Å². The SMILES string of the molecule is CN(C(=O)c1ccc(F)cc1I)C1CC2CCC(C1)N2. The van der Waals surface area contributed by atoms with E-state index in [0.29, 0.717) is 27.3 Å². The molecule has 2 aliphatic heterocycles. The summed E-state index contributed by atoms with van der Waals surface area (Å²) in [4.78, 5) is 14.4. The van der Waals surface area contributed by atoms with Gasteiger partial charge in [-0.25, -0.2) is 4.39 Å². The first kappa shape index (κ1) is 14.3. The summed E-state index contributed by atoms with van der Waals surface area (Å²) < 4.78 is 13.8. The largest absolute Gasteiger partial charge is 0.339 e. The van der Waals surface area contributed by atoms with Crippen molar-refractivity contribution in [1.82, 2.24) is 10.2 Å². The number of amides is 1. The third-order valence-electron chi connectivity index (χ3n) is 4.48. The van der Waals surface area contributed by atoms with Crippen LogP contribution >= 0.6 is 22.6 Å². The quantitative estimate of drug-likeness (QED) is 0.791. The molecule has 1 aromatic carbocycles. The van der Waals surface area contributed by atoms with Gasteiger partial charge >= 0.3 is 0 Å². The second-order valence-electron chi connectivity index (χ2n) is 5.80. The third-order valence-corrected chi connectivity index (χ3v) is 5.37. The molecule has 2 bridgehead atoms. The lowest BCUT2D eigenvalue weighted by Gasteiger charge is -2.35. The average Bonchev–Trinajstić information content (AvgIpc) is 2.76. The number of nitrogens with one attached hydrogen (secondary N) is 1. The van der Waals surface area contributed by atoms with Crippen molar-refractivity contribution in [3.8, 4) is 0 Å². The van der Waals surface area contributed by atoms with E-state index < -0.39 is 0 Å². The standard InChI is InChI=1S/C15H18FIN2O/c1-19(12-7-10-3-4-11(8-12)18-10)15(20)13-5-2-9(16)6-14(13)17/h2,5-6,10-12,18H,3-4,7-8H2,1H3. The lowest BCUT2D eigenvalue weighted by atomic mass is 9.98. The summed E-state index contributed by atoms with van der Waals surface area (Å²) in [5.41, 5.74) is 0.598. The molecule has 3 rings (SSSR count). The van der Waals surface area contributed by atoms with Crippen molar-refractivity contribution in [3.63, 3.8) is 0 Å². The van der Waals surface area contributed by atoms with Crippen molar-refractivity contribution in [1.29, 1.82) is 0 Å². The van der Waals surface area contributed by atoms with Crippen molar-refractivity contribution in [2.75, 3.05) is 7.05 Å². The third kappa shape index (κ3) is 2.70. The van der Waals surface area contributed by atoms with Crippen molar-refractivity contribution in [2.45, 2.75) is 43.8 Å². The summed E-state index contributed by atoms with van der Waals surface area (Å²) in [6.07, 6.45) is 4.49. The van der Waals surface area contributed by atoms with Crippen LogP contribution in [0.2, 0.25) is 0 Å². The molecule has 1 amide bonds. The maximum atomic E-state index is 13.1. The number of benzene rings is 1. The summed E-state index contributed by atoms with van der Waals surface area (Å²) in [5, 5.41) is 3.58. The van der Waals surface area contributed by atoms with Gasteiger partial charge in [-0.2, -0.15) is 0 Å². The lowest BCUT2D eigenvalue weighted by molar-refractivity contribution is 0.0680. The first-order valence-electron chi connectivity index (χ1n) is 7.03. The first-order valence-corrected chi connectivity index (χ1v) is 8.10. The van der Waals surface area contributed by atoms with Crippen LogP contribution in [0.4, 0.5) is 4.39 Å². The van der Waals surface area contributed by atoms with Crippen LogP contribution < -0.4 is 5.32 Å². The summed E-state index contributed by atoms with van der Waals surface area (Å²) in [6, 6.07) is 5.76. The van der Waals surface area contributed by atoms with Gasteiger partial charge < -0.3 is 10.2 Å². The molecule has 5 heteroatoms. The Hall–Kier alpha value is -0.690. The fourth-order valence-corrected chi connectivity index (χ4v) is 4.07. The molecule has 2 fully saturated rings. The van der Waals surface area contributed by atoms with Crippen molar-refractivity contribution >= 4 is 28.5 Å². The Kier molecular flexibility index (Phi) is 3.99. The molecule has 0 radical (unpaired) electrons. The number of fused-ring (bicyclic) bond motifs is 2. The maximum absolute atomic E-state index is 13.1. The highest BCUT2D eigenvalue weighted by Gasteiger charge is 2.36. The second kappa shape index (κ2) is 5.60. The van der Waals surface area contributed by atoms with Crippen LogP contribution in [0, 0.1) is 9.39 Å². The second-order valence-corrected chi connectivity index (χ2v) is 6.97. The highest BCUT2D eigenvalue weighted by atomic mass is 127. The minimum Gasteiger partial charge on any atom is -0.339 e. The Bertz CT molecular complexity index is 525. The molecule has 0 saturated carbocycles. The van der Waals surface area contributed by atoms with E-state index in [4.69, 9.17) is 0 Å². The van der Waals surface area contributed by atoms with Crippen LogP contribution in [0.5, 0.6) is 0 Å². The molecule has 1 aromatic rings. The predicted octanol–water partition coefficient (Wildman–Crippen LogP) is 2.79. The van der Waals surface area contributed by atoms with E-state index in [1.807, 2.05) is 34.5 Å². The Morgan fingerprint density at radius 2 is 2.00 bits per heavy atom. The minimum atomic E-state index is -0.298. The van der Waals surface area contributed by atoms with Crippen molar-refractivity contribution in [3.05, 3.63) is 33.1 Å². The zero-order valence-corrected chi connectivity index (χ0v) is 13.6. The average molecular weight is 388 g/mol. The Morgan fingerprint density at radius 3 is 2.60 bits per heavy atom. The van der Waals surface area contributed by atoms with Gasteiger partial charge in [0, 0.05) is 28.7 Å². The molecule has 0 aliphatic carbocycles. The molecule has 2 unspecified atom stereocenters. The van der Waals surface area contributed by atoms with Gasteiger partial charge in [-0.3, -0.25) is 4.79 Å². The van der Waals surface area contributed by atoms with E-state index in [1.165, 1.54) is 25.0 Å². The van der Waals surface area contributed by atoms with E-state index in [9.17, 15) is 9.18 Å². The predicted molar refractivity (Wildman–Crippen MR) is 84.2 cm³/mol. The lowest BCUT2D eigenvalue weighted by Crippen LogP contribution is -2.48. The van der Waals surface area contributed by atoms with Gasteiger partial charge in [0.05, 0.1) is 5.56 Å². The molecule has 3 nitrogen and oxygen atoms in total. The van der Waals surface area contributed by atoms with Crippen LogP contribution in [-0.2, 0) is 0 Å². The fraction of sp³-hybridized carbons (Fsp3) is 0.533. The number of carbonyl (C=O) groups excluding carboxylic acids is 1. The summed E-state index contributed by atoms with van der Waals surface area (Å²) in [5.74, 6) is -0.297. The number of piperidine rings is 1. The zero-order chi connectivity index (χ0) is 14.3. The Balaban J connectivity index is 1.76. The monoisotopic (exact) mass is 388 g/mol. The number of rotatable bonds is 2. The molecular formula is C15H18FIN2O. The van der Waals surface area contributed by atoms with E-state index in [1.54, 1.807) is 6.07 Å². The van der Waals surface area contributed by atoms with Crippen molar-refractivity contribution in [2.24, 2.45) is 0 Å². The summed E-state index contributed by atoms with van der Waals surface area (Å²) >= 11 is 2.03. The smallest absolute Gasteiger partial charge is 0.254 e. The zero-order valence-electron chi connectivity index (χ0n) is 11.4. The van der Waals surface area contributed by atoms with Gasteiger partial charge in [-0.05, 0) is 66.5 Å². The van der Waals surface area contributed by atoms with Gasteiger partial charge in [-0.1, -0.05) is 0 Å². The fourth-order valence-electron chi connectivity index (χ4n) is 3.36. The molecule has 108 valence electrons. The normalized spacial score (nSPS) is 28.4. The Labute approximate surface area is 132 Å². The number of halogens is 2. The molecule has 1 N–H and O–H groups in total. The van der Waals surface area contributed by atoms with Gasteiger partial charge in [0.25, 0.3) is 5.91 Å². The molecule has 2 saturated heterocycles. The van der Waals surface area contributed by atoms with E-state index in [0.717, 1.165) is 12.8 Å². The molecular weight excluding hydrogens is 370 g/mol. The highest BCUT2D eigenvalue weighted by molar-refractivity contribution is 14.1. The summed E-state index contributed by atoms with van der Waals surface area (Å²) in [7, 11) is 1.87. The number of carbonyl (C=O) groups is 1. The molecule has 20 heavy (non-hydrogen) atoms. The molecule has 2 heterocycles. The summed E-state index contributed by atoms with van der Waals surface area (Å²) in [6.45, 7) is 0. The van der Waals surface area contributed by atoms with Crippen LogP contribution in [0.15, 0.2) is 18.2 Å². The van der Waals surface area contributed by atoms with Crippen LogP contribution in [0.1, 0.15) is 36.0 Å². The van der Waals surface area contributed by atoms with Gasteiger partial charge in [-0.15, -0.1) is 0 Å². The van der Waals surface area contributed by atoms with Gasteiger partial charge in [0.15, 0.2) is 0 Å². The molecule has 2 atom stereocenters. The van der Waals surface area contributed by atoms with E-state index in [-0.39, 0.29) is 11.7 Å². The Morgan fingerprint density at radius 1 is 1.35 bits per heavy atom. The van der Waals surface area contributed by atoms with Crippen molar-refractivity contribution < 1.29 is 9.18 Å². The van der Waals surface area contributed by atoms with E-state index >= 15 is 0 Å². The number of hydrogen-bond acceptors (Lipinski definition) is 2. The van der Waals surface area contributed by atoms with Crippen LogP contribution in [0.3, 0.4) is 0 Å². The van der Waals surface area contributed by atoms with Gasteiger partial charge in [0.2, 0.25) is 0 Å². The first-order chi connectivity index (χ1) is 9.54. The number of nitrogens with zero attached hydrogens (tertiary/aromatic N) is 1. The minimum absolute atomic E-state index is 0.000648. The maximum Gasteiger partial charge on any atom is 0.254 e. The molecule has 0 aromatic heterocycles. The van der Waals surface area contributed by atoms with E-state index in [2.05, 4.69) is 5.32 Å². The molecule has 0 spiro atoms. The highest BCUT2D eigenvalue weighted by Crippen LogP contribution is 2.30. The molecule has 2 aliphatic rings. The van der Waals surface area contributed by atoms with Crippen LogP contribution in [0.25, 0.3) is 0 Å².